The summed E-state index contributed by atoms with van der Waals surface area (Å²) < 4.78 is 0. The van der Waals surface area contributed by atoms with E-state index in [-0.39, 0.29) is 12.2 Å². The van der Waals surface area contributed by atoms with Crippen molar-refractivity contribution in [3.05, 3.63) is 0 Å². The Hall–Kier alpha value is -0.220. The van der Waals surface area contributed by atoms with Crippen molar-refractivity contribution in [2.24, 2.45) is 0 Å². The molecule has 0 bridgehead atoms. The third-order valence-corrected chi connectivity index (χ3v) is 4.99. The predicted molar refractivity (Wildman–Crippen MR) is 73.1 cm³/mol. The first-order chi connectivity index (χ1) is 8.24. The van der Waals surface area contributed by atoms with E-state index in [1.807, 2.05) is 11.8 Å². The van der Waals surface area contributed by atoms with Crippen molar-refractivity contribution in [1.82, 2.24) is 10.2 Å². The first-order valence-corrected chi connectivity index (χ1v) is 8.05. The Morgan fingerprint density at radius 2 is 2.35 bits per heavy atom. The molecule has 2 saturated heterocycles. The van der Waals surface area contributed by atoms with Gasteiger partial charge in [0.15, 0.2) is 0 Å². The van der Waals surface area contributed by atoms with Crippen LogP contribution in [-0.4, -0.2) is 40.6 Å². The fourth-order valence-electron chi connectivity index (χ4n) is 2.87. The van der Waals surface area contributed by atoms with Crippen molar-refractivity contribution >= 4 is 17.7 Å². The molecule has 2 aliphatic heterocycles. The lowest BCUT2D eigenvalue weighted by Gasteiger charge is -2.33. The summed E-state index contributed by atoms with van der Waals surface area (Å²) in [5.74, 6) is 2.73. The number of carbonyl (C=O) groups is 1. The fraction of sp³-hybridized carbons (Fsp3) is 0.923. The van der Waals surface area contributed by atoms with Gasteiger partial charge < -0.3 is 4.90 Å². The second-order valence-corrected chi connectivity index (χ2v) is 6.30. The molecule has 2 fully saturated rings. The summed E-state index contributed by atoms with van der Waals surface area (Å²) in [4.78, 5) is 14.5. The molecule has 1 N–H and O–H groups in total. The normalized spacial score (nSPS) is 34.4. The number of amides is 1. The number of thioether (sulfide) groups is 1. The maximum Gasteiger partial charge on any atom is 0.241 e. The zero-order valence-electron chi connectivity index (χ0n) is 10.9. The quantitative estimate of drug-likeness (QED) is 0.837. The zero-order chi connectivity index (χ0) is 12.3. The topological polar surface area (TPSA) is 32.3 Å². The third kappa shape index (κ3) is 2.97. The van der Waals surface area contributed by atoms with Gasteiger partial charge in [-0.1, -0.05) is 19.8 Å². The van der Waals surface area contributed by atoms with Gasteiger partial charge in [-0.25, -0.2) is 0 Å². The molecule has 4 heteroatoms. The average Bonchev–Trinajstić information content (AvgIpc) is 2.63. The van der Waals surface area contributed by atoms with Gasteiger partial charge in [0.1, 0.15) is 0 Å². The standard InChI is InChI=1S/C13H24N2OS/c1-3-4-7-12-13(16)15(10(2)14-12)11-6-5-8-17-9-11/h10-12,14H,3-9H2,1-2H3. The maximum absolute atomic E-state index is 12.4. The Morgan fingerprint density at radius 3 is 3.00 bits per heavy atom. The number of hydrogen-bond acceptors (Lipinski definition) is 3. The Morgan fingerprint density at radius 1 is 1.53 bits per heavy atom. The van der Waals surface area contributed by atoms with Crippen LogP contribution in [0.15, 0.2) is 0 Å². The maximum atomic E-state index is 12.4. The monoisotopic (exact) mass is 256 g/mol. The van der Waals surface area contributed by atoms with Crippen LogP contribution < -0.4 is 5.32 Å². The summed E-state index contributed by atoms with van der Waals surface area (Å²) in [5, 5.41) is 3.45. The molecule has 0 spiro atoms. The Kier molecular flexibility index (Phi) is 4.74. The van der Waals surface area contributed by atoms with E-state index in [0.717, 1.165) is 18.6 Å². The predicted octanol–water partition coefficient (Wildman–Crippen LogP) is 2.22. The SMILES string of the molecule is CCCCC1NC(C)N(C2CCCSC2)C1=O. The molecule has 1 amide bonds. The summed E-state index contributed by atoms with van der Waals surface area (Å²) in [5.41, 5.74) is 0. The van der Waals surface area contributed by atoms with Gasteiger partial charge in [0.2, 0.25) is 5.91 Å². The van der Waals surface area contributed by atoms with Crippen molar-refractivity contribution < 1.29 is 4.79 Å². The molecule has 17 heavy (non-hydrogen) atoms. The highest BCUT2D eigenvalue weighted by Crippen LogP contribution is 2.26. The van der Waals surface area contributed by atoms with E-state index in [2.05, 4.69) is 24.1 Å². The Bertz CT molecular complexity index is 266. The van der Waals surface area contributed by atoms with E-state index in [1.165, 1.54) is 25.0 Å². The molecule has 2 aliphatic rings. The second-order valence-electron chi connectivity index (χ2n) is 5.15. The highest BCUT2D eigenvalue weighted by molar-refractivity contribution is 7.99. The van der Waals surface area contributed by atoms with Gasteiger partial charge in [0.25, 0.3) is 0 Å². The summed E-state index contributed by atoms with van der Waals surface area (Å²) >= 11 is 1.99. The second kappa shape index (κ2) is 6.10. The molecule has 0 aromatic heterocycles. The minimum absolute atomic E-state index is 0.0804. The molecule has 2 rings (SSSR count). The summed E-state index contributed by atoms with van der Waals surface area (Å²) in [6.07, 6.45) is 5.97. The van der Waals surface area contributed by atoms with Crippen LogP contribution in [-0.2, 0) is 4.79 Å². The van der Waals surface area contributed by atoms with Crippen molar-refractivity contribution in [3.8, 4) is 0 Å². The summed E-state index contributed by atoms with van der Waals surface area (Å²) in [7, 11) is 0. The molecule has 3 atom stereocenters. The van der Waals surface area contributed by atoms with Crippen molar-refractivity contribution in [2.75, 3.05) is 11.5 Å². The highest BCUT2D eigenvalue weighted by atomic mass is 32.2. The van der Waals surface area contributed by atoms with Crippen molar-refractivity contribution in [3.63, 3.8) is 0 Å². The van der Waals surface area contributed by atoms with Gasteiger partial charge in [-0.2, -0.15) is 11.8 Å². The van der Waals surface area contributed by atoms with Crippen LogP contribution in [0.4, 0.5) is 0 Å². The van der Waals surface area contributed by atoms with E-state index in [1.54, 1.807) is 0 Å². The van der Waals surface area contributed by atoms with Gasteiger partial charge >= 0.3 is 0 Å². The van der Waals surface area contributed by atoms with Crippen LogP contribution in [0, 0.1) is 0 Å². The molecule has 0 aromatic carbocycles. The van der Waals surface area contributed by atoms with Crippen LogP contribution in [0.5, 0.6) is 0 Å². The number of nitrogens with zero attached hydrogens (tertiary/aromatic N) is 1. The molecule has 2 heterocycles. The fourth-order valence-corrected chi connectivity index (χ4v) is 4.00. The van der Waals surface area contributed by atoms with E-state index in [0.29, 0.717) is 11.9 Å². The van der Waals surface area contributed by atoms with Crippen molar-refractivity contribution in [2.45, 2.75) is 64.2 Å². The number of unbranched alkanes of at least 4 members (excludes halogenated alkanes) is 1. The Balaban J connectivity index is 1.95. The molecular weight excluding hydrogens is 232 g/mol. The molecule has 0 aromatic rings. The molecule has 3 nitrogen and oxygen atoms in total. The largest absolute Gasteiger partial charge is 0.322 e. The number of nitrogens with one attached hydrogen (secondary N) is 1. The molecule has 0 aliphatic carbocycles. The third-order valence-electron chi connectivity index (χ3n) is 3.79. The first kappa shape index (κ1) is 13.2. The average molecular weight is 256 g/mol. The molecule has 0 saturated carbocycles. The summed E-state index contributed by atoms with van der Waals surface area (Å²) in [6, 6.07) is 0.548. The highest BCUT2D eigenvalue weighted by Gasteiger charge is 2.40. The van der Waals surface area contributed by atoms with Gasteiger partial charge in [0.05, 0.1) is 12.2 Å². The summed E-state index contributed by atoms with van der Waals surface area (Å²) in [6.45, 7) is 4.31. The van der Waals surface area contributed by atoms with E-state index in [4.69, 9.17) is 0 Å². The molecular formula is C13H24N2OS. The van der Waals surface area contributed by atoms with Gasteiger partial charge in [-0.3, -0.25) is 10.1 Å². The van der Waals surface area contributed by atoms with Crippen LogP contribution in [0.3, 0.4) is 0 Å². The number of rotatable bonds is 4. The van der Waals surface area contributed by atoms with Crippen molar-refractivity contribution in [1.29, 1.82) is 0 Å². The van der Waals surface area contributed by atoms with E-state index >= 15 is 0 Å². The molecule has 98 valence electrons. The Labute approximate surface area is 109 Å². The minimum atomic E-state index is 0.0804. The number of carbonyl (C=O) groups excluding carboxylic acids is 1. The number of hydrogen-bond donors (Lipinski definition) is 1. The lowest BCUT2D eigenvalue weighted by atomic mass is 10.1. The van der Waals surface area contributed by atoms with Gasteiger partial charge in [-0.15, -0.1) is 0 Å². The lowest BCUT2D eigenvalue weighted by molar-refractivity contribution is -0.131. The van der Waals surface area contributed by atoms with E-state index in [9.17, 15) is 4.79 Å². The first-order valence-electron chi connectivity index (χ1n) is 6.90. The molecule has 0 radical (unpaired) electrons. The van der Waals surface area contributed by atoms with Crippen LogP contribution in [0.1, 0.15) is 46.0 Å². The van der Waals surface area contributed by atoms with Crippen LogP contribution >= 0.6 is 11.8 Å². The lowest BCUT2D eigenvalue weighted by Crippen LogP contribution is -2.45. The van der Waals surface area contributed by atoms with Crippen LogP contribution in [0.25, 0.3) is 0 Å². The van der Waals surface area contributed by atoms with Gasteiger partial charge in [0, 0.05) is 11.8 Å². The zero-order valence-corrected chi connectivity index (χ0v) is 11.8. The van der Waals surface area contributed by atoms with Gasteiger partial charge in [-0.05, 0) is 31.9 Å². The minimum Gasteiger partial charge on any atom is -0.322 e. The van der Waals surface area contributed by atoms with Crippen LogP contribution in [0.2, 0.25) is 0 Å². The van der Waals surface area contributed by atoms with E-state index < -0.39 is 0 Å². The smallest absolute Gasteiger partial charge is 0.241 e. The molecule has 3 unspecified atom stereocenters.